The summed E-state index contributed by atoms with van der Waals surface area (Å²) >= 11 is 0. The SMILES string of the molecule is COc1ncnc(C2CC2)c1-c1ncc2c(n1)n(Cc1ccc(-c3nc(C(F)(F)F)cn3C)c(F)c1)c(=N)n2CC(F)(F)F. The number of benzene rings is 1. The first-order valence-corrected chi connectivity index (χ1v) is 13.1. The molecule has 0 atom stereocenters. The van der Waals surface area contributed by atoms with Gasteiger partial charge in [-0.3, -0.25) is 14.5 Å². The number of methoxy groups -OCH3 is 1. The third kappa shape index (κ3) is 5.37. The molecule has 0 aliphatic heterocycles. The van der Waals surface area contributed by atoms with Gasteiger partial charge in [-0.25, -0.2) is 29.3 Å². The lowest BCUT2D eigenvalue weighted by Crippen LogP contribution is -2.30. The van der Waals surface area contributed by atoms with Crippen LogP contribution in [0.5, 0.6) is 5.88 Å². The Hall–Kier alpha value is -4.83. The van der Waals surface area contributed by atoms with E-state index in [0.29, 0.717) is 15.8 Å². The highest BCUT2D eigenvalue weighted by Crippen LogP contribution is 2.45. The van der Waals surface area contributed by atoms with Crippen LogP contribution in [0.15, 0.2) is 36.9 Å². The lowest BCUT2D eigenvalue weighted by atomic mass is 10.1. The van der Waals surface area contributed by atoms with Gasteiger partial charge in [0.25, 0.3) is 0 Å². The Morgan fingerprint density at radius 2 is 1.77 bits per heavy atom. The highest BCUT2D eigenvalue weighted by Gasteiger charge is 2.35. The summed E-state index contributed by atoms with van der Waals surface area (Å²) < 4.78 is 104. The maximum absolute atomic E-state index is 15.3. The molecule has 1 N–H and O–H groups in total. The van der Waals surface area contributed by atoms with Gasteiger partial charge in [-0.1, -0.05) is 6.07 Å². The molecule has 1 aliphatic rings. The molecule has 1 aromatic carbocycles. The van der Waals surface area contributed by atoms with Crippen molar-refractivity contribution in [1.82, 2.24) is 38.6 Å². The van der Waals surface area contributed by atoms with Crippen molar-refractivity contribution in [2.75, 3.05) is 7.11 Å². The fourth-order valence-corrected chi connectivity index (χ4v) is 5.01. The van der Waals surface area contributed by atoms with E-state index in [0.717, 1.165) is 34.2 Å². The van der Waals surface area contributed by atoms with Crippen LogP contribution in [0, 0.1) is 11.2 Å². The fourth-order valence-electron chi connectivity index (χ4n) is 5.01. The molecule has 0 saturated heterocycles. The Kier molecular flexibility index (Phi) is 6.92. The molecule has 4 aromatic heterocycles. The first-order chi connectivity index (χ1) is 20.7. The molecule has 0 radical (unpaired) electrons. The van der Waals surface area contributed by atoms with Gasteiger partial charge in [0, 0.05) is 19.2 Å². The highest BCUT2D eigenvalue weighted by molar-refractivity contribution is 5.76. The summed E-state index contributed by atoms with van der Waals surface area (Å²) in [5.74, 6) is -0.811. The molecule has 5 aromatic rings. The Bertz CT molecular complexity index is 1950. The zero-order valence-electron chi connectivity index (χ0n) is 23.0. The second-order valence-electron chi connectivity index (χ2n) is 10.3. The molecule has 0 spiro atoms. The minimum atomic E-state index is -4.73. The van der Waals surface area contributed by atoms with Crippen molar-refractivity contribution in [3.63, 3.8) is 0 Å². The molecule has 1 aliphatic carbocycles. The molecular weight excluding hydrogens is 599 g/mol. The summed E-state index contributed by atoms with van der Waals surface area (Å²) in [6, 6.07) is 3.64. The zero-order valence-corrected chi connectivity index (χ0v) is 23.0. The average Bonchev–Trinajstić information content (AvgIpc) is 3.69. The van der Waals surface area contributed by atoms with Gasteiger partial charge in [0.1, 0.15) is 35.6 Å². The number of aromatic nitrogens is 8. The van der Waals surface area contributed by atoms with E-state index in [9.17, 15) is 26.3 Å². The van der Waals surface area contributed by atoms with Gasteiger partial charge >= 0.3 is 12.4 Å². The molecule has 230 valence electrons. The Morgan fingerprint density at radius 1 is 1.02 bits per heavy atom. The van der Waals surface area contributed by atoms with Crippen LogP contribution in [0.25, 0.3) is 33.9 Å². The summed E-state index contributed by atoms with van der Waals surface area (Å²) in [5.41, 5.74) is -0.896. The number of nitrogens with zero attached hydrogens (tertiary/aromatic N) is 8. The largest absolute Gasteiger partial charge is 0.480 e. The summed E-state index contributed by atoms with van der Waals surface area (Å²) in [5, 5.41) is 8.59. The number of halogens is 7. The first kappa shape index (κ1) is 29.3. The number of hydrogen-bond donors (Lipinski definition) is 1. The summed E-state index contributed by atoms with van der Waals surface area (Å²) in [4.78, 5) is 20.8. The van der Waals surface area contributed by atoms with Gasteiger partial charge in [0.2, 0.25) is 11.5 Å². The molecule has 4 heterocycles. The number of fused-ring (bicyclic) bond motifs is 1. The number of alkyl halides is 6. The predicted octanol–water partition coefficient (Wildman–Crippen LogP) is 5.22. The summed E-state index contributed by atoms with van der Waals surface area (Å²) in [7, 11) is 2.69. The predicted molar refractivity (Wildman–Crippen MR) is 140 cm³/mol. The summed E-state index contributed by atoms with van der Waals surface area (Å²) in [6.07, 6.45) is -4.43. The monoisotopic (exact) mass is 621 g/mol. The molecule has 10 nitrogen and oxygen atoms in total. The first-order valence-electron chi connectivity index (χ1n) is 13.1. The molecule has 6 rings (SSSR count). The number of nitrogens with one attached hydrogen (secondary N) is 1. The van der Waals surface area contributed by atoms with Crippen LogP contribution in [0.1, 0.15) is 35.7 Å². The third-order valence-corrected chi connectivity index (χ3v) is 7.15. The van der Waals surface area contributed by atoms with Crippen molar-refractivity contribution < 1.29 is 35.5 Å². The van der Waals surface area contributed by atoms with Crippen LogP contribution in [0.2, 0.25) is 0 Å². The van der Waals surface area contributed by atoms with Crippen LogP contribution in [-0.4, -0.2) is 51.9 Å². The van der Waals surface area contributed by atoms with E-state index < -0.39 is 36.0 Å². The maximum Gasteiger partial charge on any atom is 0.434 e. The van der Waals surface area contributed by atoms with Crippen molar-refractivity contribution in [3.05, 3.63) is 65.3 Å². The van der Waals surface area contributed by atoms with Gasteiger partial charge in [0.15, 0.2) is 17.2 Å². The van der Waals surface area contributed by atoms with Gasteiger partial charge < -0.3 is 9.30 Å². The molecule has 1 saturated carbocycles. The minimum Gasteiger partial charge on any atom is -0.480 e. The van der Waals surface area contributed by atoms with E-state index in [1.54, 1.807) is 0 Å². The fraction of sp³-hybridized carbons (Fsp3) is 0.333. The van der Waals surface area contributed by atoms with Gasteiger partial charge in [-0.15, -0.1) is 0 Å². The number of rotatable bonds is 7. The number of ether oxygens (including phenoxy) is 1. The molecule has 44 heavy (non-hydrogen) atoms. The molecule has 17 heteroatoms. The van der Waals surface area contributed by atoms with Crippen LogP contribution >= 0.6 is 0 Å². The molecular formula is C27H22F7N9O. The van der Waals surface area contributed by atoms with E-state index in [2.05, 4.69) is 24.9 Å². The van der Waals surface area contributed by atoms with Crippen molar-refractivity contribution >= 4 is 11.2 Å². The van der Waals surface area contributed by atoms with E-state index in [-0.39, 0.29) is 52.3 Å². The number of imidazole rings is 2. The van der Waals surface area contributed by atoms with Crippen LogP contribution in [0.4, 0.5) is 30.7 Å². The standard InChI is InChI=1S/C27H22F7N9O/c1-41-10-18(27(32,33)34)39-22(41)15-6-3-13(7-16(15)28)9-42-23-17(43(25(42)35)11-26(29,30)31)8-36-21(40-23)19-20(14-4-5-14)37-12-38-24(19)44-2/h3,6-8,10,12,14,35H,4-5,9,11H2,1-2H3. The van der Waals surface area contributed by atoms with E-state index in [1.165, 1.54) is 38.8 Å². The topological polar surface area (TPSA) is 112 Å². The quantitative estimate of drug-likeness (QED) is 0.250. The van der Waals surface area contributed by atoms with E-state index >= 15 is 4.39 Å². The van der Waals surface area contributed by atoms with Gasteiger partial charge in [0.05, 0.1) is 31.1 Å². The van der Waals surface area contributed by atoms with Crippen molar-refractivity contribution in [2.24, 2.45) is 7.05 Å². The van der Waals surface area contributed by atoms with Crippen LogP contribution in [0.3, 0.4) is 0 Å². The normalized spacial score (nSPS) is 14.0. The highest BCUT2D eigenvalue weighted by atomic mass is 19.4. The second-order valence-corrected chi connectivity index (χ2v) is 10.3. The summed E-state index contributed by atoms with van der Waals surface area (Å²) in [6.45, 7) is -1.79. The molecule has 1 fully saturated rings. The minimum absolute atomic E-state index is 0.0414. The lowest BCUT2D eigenvalue weighted by molar-refractivity contribution is -0.141. The van der Waals surface area contributed by atoms with E-state index in [1.807, 2.05) is 0 Å². The average molecular weight is 622 g/mol. The van der Waals surface area contributed by atoms with Crippen molar-refractivity contribution in [2.45, 2.75) is 44.2 Å². The molecule has 0 bridgehead atoms. The number of hydrogen-bond acceptors (Lipinski definition) is 7. The maximum atomic E-state index is 15.3. The van der Waals surface area contributed by atoms with Crippen molar-refractivity contribution in [3.8, 4) is 28.7 Å². The second kappa shape index (κ2) is 10.4. The van der Waals surface area contributed by atoms with Gasteiger partial charge in [-0.05, 0) is 30.5 Å². The Labute approximate surface area is 243 Å². The van der Waals surface area contributed by atoms with E-state index in [4.69, 9.17) is 10.1 Å². The zero-order chi connectivity index (χ0) is 31.6. The smallest absolute Gasteiger partial charge is 0.434 e. The van der Waals surface area contributed by atoms with Crippen molar-refractivity contribution in [1.29, 1.82) is 5.41 Å². The molecule has 0 amide bonds. The van der Waals surface area contributed by atoms with Crippen LogP contribution in [-0.2, 0) is 26.3 Å². The Morgan fingerprint density at radius 3 is 2.39 bits per heavy atom. The Balaban J connectivity index is 1.46. The number of aryl methyl sites for hydroxylation is 1. The lowest BCUT2D eigenvalue weighted by Gasteiger charge is -2.11. The third-order valence-electron chi connectivity index (χ3n) is 7.15. The van der Waals surface area contributed by atoms with Crippen LogP contribution < -0.4 is 10.4 Å². The molecule has 0 unspecified atom stereocenters. The van der Waals surface area contributed by atoms with Gasteiger partial charge in [-0.2, -0.15) is 26.3 Å².